The number of benzene rings is 1. The summed E-state index contributed by atoms with van der Waals surface area (Å²) in [6, 6.07) is 5.29. The molecule has 0 N–H and O–H groups in total. The summed E-state index contributed by atoms with van der Waals surface area (Å²) in [6.45, 7) is 4.51. The van der Waals surface area contributed by atoms with E-state index < -0.39 is 0 Å². The van der Waals surface area contributed by atoms with Crippen molar-refractivity contribution in [1.82, 2.24) is 0 Å². The van der Waals surface area contributed by atoms with E-state index >= 15 is 0 Å². The van der Waals surface area contributed by atoms with Crippen molar-refractivity contribution in [2.45, 2.75) is 26.7 Å². The van der Waals surface area contributed by atoms with Crippen molar-refractivity contribution in [3.05, 3.63) is 23.8 Å². The molecule has 0 bridgehead atoms. The number of ketones is 1. The average molecular weight is 222 g/mol. The Labute approximate surface area is 96.4 Å². The normalized spacial score (nSPS) is 9.94. The Bertz CT molecular complexity index is 358. The van der Waals surface area contributed by atoms with Crippen molar-refractivity contribution < 1.29 is 14.3 Å². The Morgan fingerprint density at radius 3 is 2.56 bits per heavy atom. The van der Waals surface area contributed by atoms with Gasteiger partial charge < -0.3 is 9.47 Å². The van der Waals surface area contributed by atoms with Gasteiger partial charge in [0.25, 0.3) is 0 Å². The number of rotatable bonds is 6. The standard InChI is InChI=1S/C13H18O3/c1-4-8-16-13-9-10(11(14)5-2)6-7-12(13)15-3/h6-7,9H,4-5,8H2,1-3H3. The van der Waals surface area contributed by atoms with Crippen molar-refractivity contribution in [2.75, 3.05) is 13.7 Å². The summed E-state index contributed by atoms with van der Waals surface area (Å²) in [4.78, 5) is 11.5. The van der Waals surface area contributed by atoms with E-state index in [4.69, 9.17) is 9.47 Å². The van der Waals surface area contributed by atoms with Crippen LogP contribution in [0.1, 0.15) is 37.0 Å². The quantitative estimate of drug-likeness (QED) is 0.694. The van der Waals surface area contributed by atoms with Gasteiger partial charge >= 0.3 is 0 Å². The lowest BCUT2D eigenvalue weighted by Gasteiger charge is -2.11. The Kier molecular flexibility index (Phi) is 4.83. The summed E-state index contributed by atoms with van der Waals surface area (Å²) in [7, 11) is 1.59. The van der Waals surface area contributed by atoms with Gasteiger partial charge in [-0.05, 0) is 24.6 Å². The van der Waals surface area contributed by atoms with Crippen molar-refractivity contribution in [1.29, 1.82) is 0 Å². The minimum atomic E-state index is 0.115. The smallest absolute Gasteiger partial charge is 0.162 e. The summed E-state index contributed by atoms with van der Waals surface area (Å²) in [5.74, 6) is 1.42. The van der Waals surface area contributed by atoms with Gasteiger partial charge in [0.15, 0.2) is 17.3 Å². The number of carbonyl (C=O) groups excluding carboxylic acids is 1. The third-order valence-corrected chi connectivity index (χ3v) is 2.27. The maximum atomic E-state index is 11.5. The molecule has 0 aliphatic rings. The first-order valence-corrected chi connectivity index (χ1v) is 5.57. The molecule has 16 heavy (non-hydrogen) atoms. The molecular formula is C13H18O3. The predicted molar refractivity (Wildman–Crippen MR) is 63.4 cm³/mol. The highest BCUT2D eigenvalue weighted by Gasteiger charge is 2.09. The zero-order chi connectivity index (χ0) is 12.0. The molecule has 1 aromatic rings. The van der Waals surface area contributed by atoms with Crippen molar-refractivity contribution in [2.24, 2.45) is 0 Å². The van der Waals surface area contributed by atoms with Gasteiger partial charge in [-0.15, -0.1) is 0 Å². The fourth-order valence-electron chi connectivity index (χ4n) is 1.38. The molecule has 0 aliphatic heterocycles. The summed E-state index contributed by atoms with van der Waals surface area (Å²) in [5, 5.41) is 0. The van der Waals surface area contributed by atoms with Gasteiger partial charge in [-0.3, -0.25) is 4.79 Å². The molecule has 0 aromatic heterocycles. The first-order valence-electron chi connectivity index (χ1n) is 5.57. The van der Waals surface area contributed by atoms with Gasteiger partial charge in [0, 0.05) is 12.0 Å². The van der Waals surface area contributed by atoms with E-state index in [0.29, 0.717) is 30.1 Å². The Balaban J connectivity index is 2.96. The second kappa shape index (κ2) is 6.16. The lowest BCUT2D eigenvalue weighted by atomic mass is 10.1. The highest BCUT2D eigenvalue weighted by Crippen LogP contribution is 2.28. The van der Waals surface area contributed by atoms with Crippen molar-refractivity contribution >= 4 is 5.78 Å². The van der Waals surface area contributed by atoms with Crippen LogP contribution < -0.4 is 9.47 Å². The van der Waals surface area contributed by atoms with E-state index in [0.717, 1.165) is 6.42 Å². The molecule has 3 nitrogen and oxygen atoms in total. The van der Waals surface area contributed by atoms with Crippen LogP contribution in [0.3, 0.4) is 0 Å². The van der Waals surface area contributed by atoms with E-state index in [-0.39, 0.29) is 5.78 Å². The van der Waals surface area contributed by atoms with Crippen LogP contribution in [0.25, 0.3) is 0 Å². The molecule has 0 unspecified atom stereocenters. The number of hydrogen-bond donors (Lipinski definition) is 0. The second-order valence-electron chi connectivity index (χ2n) is 3.49. The first-order chi connectivity index (χ1) is 7.72. The predicted octanol–water partition coefficient (Wildman–Crippen LogP) is 3.08. The molecule has 1 aromatic carbocycles. The molecule has 1 rings (SSSR count). The highest BCUT2D eigenvalue weighted by atomic mass is 16.5. The highest BCUT2D eigenvalue weighted by molar-refractivity contribution is 5.96. The number of Topliss-reactive ketones (excluding diaryl/α,β-unsaturated/α-hetero) is 1. The molecule has 0 saturated carbocycles. The van der Waals surface area contributed by atoms with Gasteiger partial charge in [-0.1, -0.05) is 13.8 Å². The van der Waals surface area contributed by atoms with Crippen molar-refractivity contribution in [3.8, 4) is 11.5 Å². The van der Waals surface area contributed by atoms with Gasteiger partial charge in [0.05, 0.1) is 13.7 Å². The molecule has 0 saturated heterocycles. The van der Waals surface area contributed by atoms with Crippen LogP contribution in [0.2, 0.25) is 0 Å². The van der Waals surface area contributed by atoms with Gasteiger partial charge in [0.2, 0.25) is 0 Å². The molecule has 0 atom stereocenters. The Hall–Kier alpha value is -1.51. The molecule has 0 fully saturated rings. The molecule has 0 amide bonds. The first kappa shape index (κ1) is 12.6. The minimum Gasteiger partial charge on any atom is -0.493 e. The maximum Gasteiger partial charge on any atom is 0.162 e. The van der Waals surface area contributed by atoms with Crippen LogP contribution >= 0.6 is 0 Å². The second-order valence-corrected chi connectivity index (χ2v) is 3.49. The fourth-order valence-corrected chi connectivity index (χ4v) is 1.38. The monoisotopic (exact) mass is 222 g/mol. The van der Waals surface area contributed by atoms with Crippen LogP contribution in [0.15, 0.2) is 18.2 Å². The largest absolute Gasteiger partial charge is 0.493 e. The molecule has 0 spiro atoms. The summed E-state index contributed by atoms with van der Waals surface area (Å²) in [6.07, 6.45) is 1.43. The topological polar surface area (TPSA) is 35.5 Å². The summed E-state index contributed by atoms with van der Waals surface area (Å²) >= 11 is 0. The van der Waals surface area contributed by atoms with Crippen molar-refractivity contribution in [3.63, 3.8) is 0 Å². The van der Waals surface area contributed by atoms with E-state index in [9.17, 15) is 4.79 Å². The lowest BCUT2D eigenvalue weighted by Crippen LogP contribution is -2.01. The maximum absolute atomic E-state index is 11.5. The Morgan fingerprint density at radius 2 is 2.00 bits per heavy atom. The lowest BCUT2D eigenvalue weighted by molar-refractivity contribution is 0.0987. The molecule has 0 heterocycles. The molecule has 88 valence electrons. The van der Waals surface area contributed by atoms with Gasteiger partial charge in [-0.2, -0.15) is 0 Å². The fraction of sp³-hybridized carbons (Fsp3) is 0.462. The Morgan fingerprint density at radius 1 is 1.25 bits per heavy atom. The molecule has 0 aliphatic carbocycles. The van der Waals surface area contributed by atoms with E-state index in [2.05, 4.69) is 0 Å². The molecular weight excluding hydrogens is 204 g/mol. The minimum absolute atomic E-state index is 0.115. The number of ether oxygens (including phenoxy) is 2. The number of methoxy groups -OCH3 is 1. The van der Waals surface area contributed by atoms with E-state index in [1.165, 1.54) is 0 Å². The molecule has 0 radical (unpaired) electrons. The zero-order valence-electron chi connectivity index (χ0n) is 10.1. The number of hydrogen-bond acceptors (Lipinski definition) is 3. The van der Waals surface area contributed by atoms with Crippen LogP contribution in [-0.2, 0) is 0 Å². The zero-order valence-corrected chi connectivity index (χ0v) is 10.1. The third kappa shape index (κ3) is 2.99. The third-order valence-electron chi connectivity index (χ3n) is 2.27. The summed E-state index contributed by atoms with van der Waals surface area (Å²) in [5.41, 5.74) is 0.675. The van der Waals surface area contributed by atoms with E-state index in [1.807, 2.05) is 13.8 Å². The van der Waals surface area contributed by atoms with E-state index in [1.54, 1.807) is 25.3 Å². The van der Waals surface area contributed by atoms with Gasteiger partial charge in [-0.25, -0.2) is 0 Å². The van der Waals surface area contributed by atoms with Crippen LogP contribution in [-0.4, -0.2) is 19.5 Å². The SMILES string of the molecule is CCCOc1cc(C(=O)CC)ccc1OC. The summed E-state index contributed by atoms with van der Waals surface area (Å²) < 4.78 is 10.7. The van der Waals surface area contributed by atoms with Crippen LogP contribution in [0, 0.1) is 0 Å². The molecule has 3 heteroatoms. The number of carbonyl (C=O) groups is 1. The average Bonchev–Trinajstić information content (AvgIpc) is 2.34. The van der Waals surface area contributed by atoms with Crippen LogP contribution in [0.5, 0.6) is 11.5 Å². The van der Waals surface area contributed by atoms with Gasteiger partial charge in [0.1, 0.15) is 0 Å². The van der Waals surface area contributed by atoms with Crippen LogP contribution in [0.4, 0.5) is 0 Å².